The number of benzene rings is 3. The van der Waals surface area contributed by atoms with Crippen LogP contribution in [0.3, 0.4) is 0 Å². The van der Waals surface area contributed by atoms with Gasteiger partial charge in [0.05, 0.1) is 0 Å². The van der Waals surface area contributed by atoms with Crippen LogP contribution in [-0.4, -0.2) is 21.4 Å². The van der Waals surface area contributed by atoms with Gasteiger partial charge in [-0.05, 0) is 40.9 Å². The normalized spacial score (nSPS) is 11.5. The molecule has 0 saturated heterocycles. The largest absolute Gasteiger partial charge is 0.350 e. The van der Waals surface area contributed by atoms with Gasteiger partial charge in [0, 0.05) is 17.6 Å². The van der Waals surface area contributed by atoms with E-state index in [0.717, 1.165) is 17.1 Å². The highest BCUT2D eigenvalue weighted by Crippen LogP contribution is 2.30. The first-order valence-corrected chi connectivity index (χ1v) is 10.7. The van der Waals surface area contributed by atoms with Crippen LogP contribution in [0.15, 0.2) is 90.3 Å². The molecule has 4 rings (SSSR count). The lowest BCUT2D eigenvalue weighted by Crippen LogP contribution is -2.44. The molecular formula is C24H19FN4O2S. The van der Waals surface area contributed by atoms with Gasteiger partial charge in [-0.15, -0.1) is 5.10 Å². The van der Waals surface area contributed by atoms with Crippen molar-refractivity contribution < 1.29 is 14.0 Å². The van der Waals surface area contributed by atoms with Gasteiger partial charge in [-0.3, -0.25) is 14.5 Å². The van der Waals surface area contributed by atoms with Gasteiger partial charge in [0.25, 0.3) is 5.91 Å². The van der Waals surface area contributed by atoms with Crippen molar-refractivity contribution in [1.29, 1.82) is 0 Å². The van der Waals surface area contributed by atoms with Crippen LogP contribution in [0.1, 0.15) is 27.7 Å². The van der Waals surface area contributed by atoms with Crippen LogP contribution >= 0.6 is 11.5 Å². The van der Waals surface area contributed by atoms with Gasteiger partial charge in [-0.2, -0.15) is 0 Å². The highest BCUT2D eigenvalue weighted by atomic mass is 32.1. The molecule has 0 saturated carbocycles. The smallest absolute Gasteiger partial charge is 0.280 e. The molecule has 0 unspecified atom stereocenters. The summed E-state index contributed by atoms with van der Waals surface area (Å²) in [5, 5.41) is 8.27. The number of nitrogens with one attached hydrogen (secondary N) is 1. The van der Waals surface area contributed by atoms with Crippen LogP contribution in [0.2, 0.25) is 0 Å². The Labute approximate surface area is 188 Å². The summed E-state index contributed by atoms with van der Waals surface area (Å²) in [6, 6.07) is 22.9. The van der Waals surface area contributed by atoms with Crippen molar-refractivity contribution in [3.63, 3.8) is 0 Å². The average Bonchev–Trinajstić information content (AvgIpc) is 3.37. The Hall–Kier alpha value is -3.91. The maximum atomic E-state index is 14.1. The van der Waals surface area contributed by atoms with Crippen molar-refractivity contribution in [3.8, 4) is 0 Å². The molecule has 160 valence electrons. The number of carbonyl (C=O) groups excluding carboxylic acids is 2. The SMILES string of the molecule is O=C(NCc1ccccc1)[C@H](c1ccccc1)N(C(=O)c1csnn1)c1cccc(F)c1. The Kier molecular flexibility index (Phi) is 6.62. The summed E-state index contributed by atoms with van der Waals surface area (Å²) in [6.07, 6.45) is 0. The van der Waals surface area contributed by atoms with Crippen molar-refractivity contribution in [2.24, 2.45) is 0 Å². The third kappa shape index (κ3) is 4.87. The van der Waals surface area contributed by atoms with Crippen LogP contribution in [0.5, 0.6) is 0 Å². The summed E-state index contributed by atoms with van der Waals surface area (Å²) in [5.41, 5.74) is 1.82. The Balaban J connectivity index is 1.76. The van der Waals surface area contributed by atoms with Crippen molar-refractivity contribution >= 4 is 29.0 Å². The number of rotatable bonds is 7. The zero-order valence-corrected chi connectivity index (χ0v) is 17.7. The summed E-state index contributed by atoms with van der Waals surface area (Å²) in [4.78, 5) is 28.2. The van der Waals surface area contributed by atoms with E-state index in [1.807, 2.05) is 36.4 Å². The van der Waals surface area contributed by atoms with E-state index in [4.69, 9.17) is 0 Å². The van der Waals surface area contributed by atoms with Gasteiger partial charge in [0.1, 0.15) is 11.9 Å². The molecule has 0 radical (unpaired) electrons. The molecule has 1 N–H and O–H groups in total. The highest BCUT2D eigenvalue weighted by molar-refractivity contribution is 7.03. The molecule has 3 aromatic carbocycles. The van der Waals surface area contributed by atoms with E-state index in [-0.39, 0.29) is 17.9 Å². The second kappa shape index (κ2) is 9.93. The molecule has 32 heavy (non-hydrogen) atoms. The van der Waals surface area contributed by atoms with Crippen LogP contribution in [0.4, 0.5) is 10.1 Å². The molecule has 8 heteroatoms. The maximum Gasteiger partial charge on any atom is 0.280 e. The minimum absolute atomic E-state index is 0.0797. The molecule has 4 aromatic rings. The molecule has 0 aliphatic heterocycles. The monoisotopic (exact) mass is 446 g/mol. The van der Waals surface area contributed by atoms with Crippen molar-refractivity contribution in [2.45, 2.75) is 12.6 Å². The second-order valence-electron chi connectivity index (χ2n) is 6.96. The minimum Gasteiger partial charge on any atom is -0.350 e. The Morgan fingerprint density at radius 1 is 0.969 bits per heavy atom. The van der Waals surface area contributed by atoms with Crippen LogP contribution in [0, 0.1) is 5.82 Å². The lowest BCUT2D eigenvalue weighted by Gasteiger charge is -2.31. The van der Waals surface area contributed by atoms with Crippen LogP contribution < -0.4 is 10.2 Å². The number of nitrogens with zero attached hydrogens (tertiary/aromatic N) is 3. The van der Waals surface area contributed by atoms with E-state index in [1.54, 1.807) is 30.3 Å². The molecule has 1 heterocycles. The van der Waals surface area contributed by atoms with Gasteiger partial charge < -0.3 is 5.32 Å². The molecule has 0 fully saturated rings. The highest BCUT2D eigenvalue weighted by Gasteiger charge is 2.34. The lowest BCUT2D eigenvalue weighted by atomic mass is 10.0. The first-order valence-electron chi connectivity index (χ1n) is 9.86. The second-order valence-corrected chi connectivity index (χ2v) is 7.57. The molecule has 0 spiro atoms. The van der Waals surface area contributed by atoms with E-state index < -0.39 is 23.7 Å². The summed E-state index contributed by atoms with van der Waals surface area (Å²) in [5.74, 6) is -1.47. The predicted octanol–water partition coefficient (Wildman–Crippen LogP) is 4.38. The Morgan fingerprint density at radius 2 is 1.69 bits per heavy atom. The molecule has 0 aliphatic carbocycles. The van der Waals surface area contributed by atoms with E-state index in [0.29, 0.717) is 5.56 Å². The number of anilines is 1. The molecular weight excluding hydrogens is 427 g/mol. The zero-order chi connectivity index (χ0) is 22.3. The summed E-state index contributed by atoms with van der Waals surface area (Å²) in [6.45, 7) is 0.284. The first-order chi connectivity index (χ1) is 15.6. The van der Waals surface area contributed by atoms with Crippen molar-refractivity contribution in [1.82, 2.24) is 14.9 Å². The van der Waals surface area contributed by atoms with Crippen LogP contribution in [0.25, 0.3) is 0 Å². The molecule has 1 aromatic heterocycles. The number of carbonyl (C=O) groups is 2. The summed E-state index contributed by atoms with van der Waals surface area (Å²) < 4.78 is 17.9. The Morgan fingerprint density at radius 3 is 2.34 bits per heavy atom. The minimum atomic E-state index is -1.05. The Bertz CT molecular complexity index is 1190. The van der Waals surface area contributed by atoms with Crippen LogP contribution in [-0.2, 0) is 11.3 Å². The maximum absolute atomic E-state index is 14.1. The van der Waals surface area contributed by atoms with E-state index in [9.17, 15) is 14.0 Å². The van der Waals surface area contributed by atoms with Crippen molar-refractivity contribution in [3.05, 3.63) is 113 Å². The number of amides is 2. The molecule has 0 aliphatic rings. The van der Waals surface area contributed by atoms with E-state index in [2.05, 4.69) is 14.9 Å². The lowest BCUT2D eigenvalue weighted by molar-refractivity contribution is -0.122. The number of halogens is 1. The van der Waals surface area contributed by atoms with E-state index >= 15 is 0 Å². The first kappa shape index (κ1) is 21.3. The van der Waals surface area contributed by atoms with E-state index in [1.165, 1.54) is 28.5 Å². The fraction of sp³-hybridized carbons (Fsp3) is 0.0833. The van der Waals surface area contributed by atoms with Gasteiger partial charge in [0.2, 0.25) is 5.91 Å². The van der Waals surface area contributed by atoms with Gasteiger partial charge in [-0.25, -0.2) is 4.39 Å². The summed E-state index contributed by atoms with van der Waals surface area (Å²) in [7, 11) is 0. The van der Waals surface area contributed by atoms with Crippen molar-refractivity contribution in [2.75, 3.05) is 4.90 Å². The zero-order valence-electron chi connectivity index (χ0n) is 16.9. The molecule has 2 amide bonds. The number of hydrogen-bond acceptors (Lipinski definition) is 5. The quantitative estimate of drug-likeness (QED) is 0.457. The third-order valence-electron chi connectivity index (χ3n) is 4.82. The van der Waals surface area contributed by atoms with Gasteiger partial charge in [-0.1, -0.05) is 71.2 Å². The fourth-order valence-electron chi connectivity index (χ4n) is 3.33. The average molecular weight is 447 g/mol. The standard InChI is InChI=1S/C24H19FN4O2S/c25-19-12-7-13-20(14-19)29(24(31)21-16-32-28-27-21)22(18-10-5-2-6-11-18)23(30)26-15-17-8-3-1-4-9-17/h1-14,16,22H,15H2,(H,26,30)/t22-/m0/s1. The summed E-state index contributed by atoms with van der Waals surface area (Å²) >= 11 is 1.02. The fourth-order valence-corrected chi connectivity index (χ4v) is 3.76. The molecule has 1 atom stereocenters. The predicted molar refractivity (Wildman–Crippen MR) is 121 cm³/mol. The topological polar surface area (TPSA) is 75.2 Å². The van der Waals surface area contributed by atoms with Gasteiger partial charge in [0.15, 0.2) is 5.69 Å². The third-order valence-corrected chi connectivity index (χ3v) is 5.32. The molecule has 0 bridgehead atoms. The molecule has 6 nitrogen and oxygen atoms in total. The van der Waals surface area contributed by atoms with Gasteiger partial charge >= 0.3 is 0 Å². The number of aromatic nitrogens is 2. The number of hydrogen-bond donors (Lipinski definition) is 1.